The van der Waals surface area contributed by atoms with Crippen molar-refractivity contribution in [3.63, 3.8) is 0 Å². The molecule has 130 valence electrons. The topological polar surface area (TPSA) is 38.3 Å². The van der Waals surface area contributed by atoms with Crippen LogP contribution in [0.1, 0.15) is 104 Å². The minimum absolute atomic E-state index is 0.0974. The van der Waals surface area contributed by atoms with Crippen molar-refractivity contribution >= 4 is 6.09 Å². The first-order valence-electron chi connectivity index (χ1n) is 9.71. The second-order valence-corrected chi connectivity index (χ2v) is 6.91. The van der Waals surface area contributed by atoms with E-state index >= 15 is 0 Å². The second-order valence-electron chi connectivity index (χ2n) is 6.91. The van der Waals surface area contributed by atoms with Gasteiger partial charge in [-0.15, -0.1) is 0 Å². The number of hydrogen-bond acceptors (Lipinski definition) is 2. The Morgan fingerprint density at radius 2 is 1.27 bits per heavy atom. The summed E-state index contributed by atoms with van der Waals surface area (Å²) >= 11 is 0. The number of ether oxygens (including phenoxy) is 1. The summed E-state index contributed by atoms with van der Waals surface area (Å²) in [6.07, 6.45) is 18.7. The maximum absolute atomic E-state index is 11.1. The lowest BCUT2D eigenvalue weighted by molar-refractivity contribution is 0.126. The Morgan fingerprint density at radius 1 is 0.818 bits per heavy atom. The zero-order valence-electron chi connectivity index (χ0n) is 14.9. The highest BCUT2D eigenvalue weighted by Crippen LogP contribution is 2.17. The summed E-state index contributed by atoms with van der Waals surface area (Å²) in [5.41, 5.74) is 0. The van der Waals surface area contributed by atoms with E-state index in [-0.39, 0.29) is 18.2 Å². The molecule has 0 aliphatic carbocycles. The van der Waals surface area contributed by atoms with Crippen molar-refractivity contribution in [3.05, 3.63) is 0 Å². The molecular formula is C19H37NO2. The number of carbonyl (C=O) groups excluding carboxylic acids is 1. The van der Waals surface area contributed by atoms with Crippen LogP contribution >= 0.6 is 0 Å². The normalized spacial score (nSPS) is 20.9. The summed E-state index contributed by atoms with van der Waals surface area (Å²) in [5, 5.41) is 2.80. The van der Waals surface area contributed by atoms with Gasteiger partial charge in [-0.1, -0.05) is 84.0 Å². The first-order valence-corrected chi connectivity index (χ1v) is 9.71. The molecule has 1 aliphatic heterocycles. The van der Waals surface area contributed by atoms with Gasteiger partial charge in [0, 0.05) is 0 Å². The highest BCUT2D eigenvalue weighted by atomic mass is 16.6. The highest BCUT2D eigenvalue weighted by Gasteiger charge is 2.29. The first kappa shape index (κ1) is 19.3. The number of amides is 1. The minimum Gasteiger partial charge on any atom is -0.444 e. The second kappa shape index (κ2) is 12.8. The molecule has 1 heterocycles. The van der Waals surface area contributed by atoms with Crippen molar-refractivity contribution in [1.29, 1.82) is 0 Å². The largest absolute Gasteiger partial charge is 0.444 e. The molecule has 0 aromatic heterocycles. The van der Waals surface area contributed by atoms with Gasteiger partial charge in [-0.3, -0.25) is 0 Å². The number of carbonyl (C=O) groups is 1. The van der Waals surface area contributed by atoms with Gasteiger partial charge in [-0.25, -0.2) is 4.79 Å². The van der Waals surface area contributed by atoms with Crippen LogP contribution in [0.15, 0.2) is 0 Å². The van der Waals surface area contributed by atoms with E-state index in [0.717, 1.165) is 6.42 Å². The molecule has 0 radical (unpaired) electrons. The number of nitrogens with one attached hydrogen (secondary N) is 1. The molecule has 1 N–H and O–H groups in total. The minimum atomic E-state index is -0.243. The molecule has 1 rings (SSSR count). The predicted octanol–water partition coefficient (Wildman–Crippen LogP) is 5.96. The van der Waals surface area contributed by atoms with Crippen molar-refractivity contribution in [1.82, 2.24) is 5.32 Å². The van der Waals surface area contributed by atoms with E-state index in [4.69, 9.17) is 4.74 Å². The number of cyclic esters (lactones) is 1. The zero-order valence-corrected chi connectivity index (χ0v) is 14.9. The van der Waals surface area contributed by atoms with Crippen LogP contribution < -0.4 is 5.32 Å². The van der Waals surface area contributed by atoms with Crippen LogP contribution in [0.25, 0.3) is 0 Å². The van der Waals surface area contributed by atoms with Crippen molar-refractivity contribution in [3.8, 4) is 0 Å². The van der Waals surface area contributed by atoms with Gasteiger partial charge in [0.25, 0.3) is 0 Å². The summed E-state index contributed by atoms with van der Waals surface area (Å²) in [6, 6.07) is 0.185. The van der Waals surface area contributed by atoms with Crippen LogP contribution in [0, 0.1) is 0 Å². The fourth-order valence-corrected chi connectivity index (χ4v) is 3.22. The Balaban J connectivity index is 1.76. The Labute approximate surface area is 137 Å². The third-order valence-corrected chi connectivity index (χ3v) is 4.75. The SMILES string of the molecule is CCCCCCCCCCCCCCC[C@H]1OC(=O)N[C@@H]1C. The molecule has 1 saturated heterocycles. The van der Waals surface area contributed by atoms with E-state index in [1.807, 2.05) is 6.92 Å². The van der Waals surface area contributed by atoms with Crippen LogP contribution in [0.4, 0.5) is 4.79 Å². The van der Waals surface area contributed by atoms with Gasteiger partial charge in [-0.05, 0) is 19.8 Å². The Hall–Kier alpha value is -0.730. The van der Waals surface area contributed by atoms with Crippen LogP contribution in [-0.4, -0.2) is 18.2 Å². The van der Waals surface area contributed by atoms with Crippen LogP contribution in [-0.2, 0) is 4.74 Å². The molecule has 0 aromatic carbocycles. The third kappa shape index (κ3) is 9.32. The van der Waals surface area contributed by atoms with E-state index in [1.165, 1.54) is 83.5 Å². The van der Waals surface area contributed by atoms with Crippen LogP contribution in [0.5, 0.6) is 0 Å². The molecule has 0 bridgehead atoms. The smallest absolute Gasteiger partial charge is 0.407 e. The fourth-order valence-electron chi connectivity index (χ4n) is 3.22. The Morgan fingerprint density at radius 3 is 1.68 bits per heavy atom. The summed E-state index contributed by atoms with van der Waals surface area (Å²) in [5.74, 6) is 0. The fraction of sp³-hybridized carbons (Fsp3) is 0.947. The van der Waals surface area contributed by atoms with E-state index in [1.54, 1.807) is 0 Å². The molecular weight excluding hydrogens is 274 g/mol. The van der Waals surface area contributed by atoms with Crippen molar-refractivity contribution in [2.45, 2.75) is 116 Å². The Kier molecular flexibility index (Phi) is 11.2. The van der Waals surface area contributed by atoms with E-state index < -0.39 is 0 Å². The monoisotopic (exact) mass is 311 g/mol. The van der Waals surface area contributed by atoms with Gasteiger partial charge in [-0.2, -0.15) is 0 Å². The van der Waals surface area contributed by atoms with Crippen LogP contribution in [0.2, 0.25) is 0 Å². The lowest BCUT2D eigenvalue weighted by Gasteiger charge is -2.12. The number of hydrogen-bond donors (Lipinski definition) is 1. The predicted molar refractivity (Wildman–Crippen MR) is 93.2 cm³/mol. The van der Waals surface area contributed by atoms with Gasteiger partial charge in [0.2, 0.25) is 0 Å². The summed E-state index contributed by atoms with van der Waals surface area (Å²) < 4.78 is 5.23. The maximum Gasteiger partial charge on any atom is 0.407 e. The molecule has 3 heteroatoms. The van der Waals surface area contributed by atoms with Gasteiger partial charge in [0.1, 0.15) is 6.10 Å². The molecule has 1 aliphatic rings. The third-order valence-electron chi connectivity index (χ3n) is 4.75. The molecule has 3 nitrogen and oxygen atoms in total. The quantitative estimate of drug-likeness (QED) is 0.402. The standard InChI is InChI=1S/C19H37NO2/c1-3-4-5-6-7-8-9-10-11-12-13-14-15-16-18-17(2)20-19(21)22-18/h17-18H,3-16H2,1-2H3,(H,20,21)/t17-,18-/m1/s1. The summed E-state index contributed by atoms with van der Waals surface area (Å²) in [7, 11) is 0. The van der Waals surface area contributed by atoms with Gasteiger partial charge >= 0.3 is 6.09 Å². The lowest BCUT2D eigenvalue weighted by atomic mass is 10.0. The zero-order chi connectivity index (χ0) is 16.0. The molecule has 2 atom stereocenters. The molecule has 1 fully saturated rings. The van der Waals surface area contributed by atoms with E-state index in [9.17, 15) is 4.79 Å². The maximum atomic E-state index is 11.1. The molecule has 0 unspecified atom stereocenters. The highest BCUT2D eigenvalue weighted by molar-refractivity contribution is 5.70. The van der Waals surface area contributed by atoms with Crippen LogP contribution in [0.3, 0.4) is 0 Å². The van der Waals surface area contributed by atoms with Gasteiger partial charge in [0.15, 0.2) is 0 Å². The average Bonchev–Trinajstić information content (AvgIpc) is 2.82. The van der Waals surface area contributed by atoms with E-state index in [0.29, 0.717) is 0 Å². The lowest BCUT2D eigenvalue weighted by Crippen LogP contribution is -2.27. The van der Waals surface area contributed by atoms with Crippen molar-refractivity contribution in [2.24, 2.45) is 0 Å². The Bertz CT molecular complexity index is 281. The van der Waals surface area contributed by atoms with Gasteiger partial charge in [0.05, 0.1) is 6.04 Å². The number of rotatable bonds is 14. The average molecular weight is 312 g/mol. The molecule has 0 aromatic rings. The molecule has 22 heavy (non-hydrogen) atoms. The molecule has 0 spiro atoms. The molecule has 0 saturated carbocycles. The first-order chi connectivity index (χ1) is 10.7. The molecule has 1 amide bonds. The summed E-state index contributed by atoms with van der Waals surface area (Å²) in [6.45, 7) is 4.30. The van der Waals surface area contributed by atoms with Crippen molar-refractivity contribution in [2.75, 3.05) is 0 Å². The number of unbranched alkanes of at least 4 members (excludes halogenated alkanes) is 12. The number of alkyl carbamates (subject to hydrolysis) is 1. The van der Waals surface area contributed by atoms with Crippen molar-refractivity contribution < 1.29 is 9.53 Å². The van der Waals surface area contributed by atoms with Gasteiger partial charge < -0.3 is 10.1 Å². The summed E-state index contributed by atoms with van der Waals surface area (Å²) in [4.78, 5) is 11.1. The van der Waals surface area contributed by atoms with E-state index in [2.05, 4.69) is 12.2 Å².